The second kappa shape index (κ2) is 5.97. The van der Waals surface area contributed by atoms with Crippen LogP contribution >= 0.6 is 11.3 Å². The van der Waals surface area contributed by atoms with Crippen LogP contribution in [0.5, 0.6) is 0 Å². The molecule has 0 aliphatic rings. The molecule has 1 amide bonds. The molecule has 0 bridgehead atoms. The van der Waals surface area contributed by atoms with Gasteiger partial charge in [-0.1, -0.05) is 6.07 Å². The lowest BCUT2D eigenvalue weighted by atomic mass is 10.4. The summed E-state index contributed by atoms with van der Waals surface area (Å²) >= 11 is 1.18. The van der Waals surface area contributed by atoms with Crippen molar-refractivity contribution in [3.05, 3.63) is 17.5 Å². The van der Waals surface area contributed by atoms with Crippen LogP contribution < -0.4 is 10.0 Å². The van der Waals surface area contributed by atoms with Crippen molar-refractivity contribution in [3.63, 3.8) is 0 Å². The number of carbonyl (C=O) groups excluding carboxylic acids is 1. The summed E-state index contributed by atoms with van der Waals surface area (Å²) in [5.74, 6) is -0.110. The number of carbonyl (C=O) groups is 1. The first-order chi connectivity index (χ1) is 7.52. The molecule has 0 saturated heterocycles. The molecular formula is C9H14N2O3S2. The summed E-state index contributed by atoms with van der Waals surface area (Å²) in [6.45, 7) is 2.22. The molecule has 7 heteroatoms. The van der Waals surface area contributed by atoms with E-state index in [1.165, 1.54) is 18.3 Å². The van der Waals surface area contributed by atoms with Crippen molar-refractivity contribution in [2.24, 2.45) is 0 Å². The van der Waals surface area contributed by atoms with Crippen LogP contribution in [0.3, 0.4) is 0 Å². The van der Waals surface area contributed by atoms with Crippen molar-refractivity contribution in [2.75, 3.05) is 13.1 Å². The van der Waals surface area contributed by atoms with Crippen molar-refractivity contribution in [2.45, 2.75) is 17.6 Å². The lowest BCUT2D eigenvalue weighted by Crippen LogP contribution is -2.28. The molecule has 0 aliphatic heterocycles. The Balaban J connectivity index is 2.30. The molecule has 1 aromatic heterocycles. The smallest absolute Gasteiger partial charge is 0.250 e. The van der Waals surface area contributed by atoms with E-state index < -0.39 is 10.0 Å². The highest BCUT2D eigenvalue weighted by Crippen LogP contribution is 2.14. The van der Waals surface area contributed by atoms with Gasteiger partial charge in [-0.05, 0) is 17.9 Å². The first-order valence-electron chi connectivity index (χ1n) is 4.80. The third kappa shape index (κ3) is 4.30. The van der Waals surface area contributed by atoms with Gasteiger partial charge in [0.15, 0.2) is 0 Å². The zero-order valence-corrected chi connectivity index (χ0v) is 10.5. The van der Waals surface area contributed by atoms with E-state index in [0.29, 0.717) is 23.7 Å². The zero-order valence-electron chi connectivity index (χ0n) is 8.89. The number of amides is 1. The summed E-state index contributed by atoms with van der Waals surface area (Å²) < 4.78 is 26.0. The molecule has 0 radical (unpaired) electrons. The van der Waals surface area contributed by atoms with Gasteiger partial charge >= 0.3 is 0 Å². The Bertz CT molecular complexity index is 426. The fourth-order valence-electron chi connectivity index (χ4n) is 1.05. The molecule has 1 rings (SSSR count). The Hall–Kier alpha value is -0.920. The first-order valence-corrected chi connectivity index (χ1v) is 7.16. The Labute approximate surface area is 98.9 Å². The summed E-state index contributed by atoms with van der Waals surface area (Å²) in [5.41, 5.74) is 0. The number of hydrogen-bond acceptors (Lipinski definition) is 4. The van der Waals surface area contributed by atoms with Gasteiger partial charge in [0.25, 0.3) is 0 Å². The molecule has 2 N–H and O–H groups in total. The third-order valence-electron chi connectivity index (χ3n) is 1.78. The van der Waals surface area contributed by atoms with Crippen LogP contribution in [-0.4, -0.2) is 27.4 Å². The average Bonchev–Trinajstić information content (AvgIpc) is 2.69. The van der Waals surface area contributed by atoms with Gasteiger partial charge in [-0.3, -0.25) is 4.79 Å². The van der Waals surface area contributed by atoms with Gasteiger partial charge in [-0.2, -0.15) is 0 Å². The Morgan fingerprint density at radius 1 is 1.44 bits per heavy atom. The van der Waals surface area contributed by atoms with Gasteiger partial charge < -0.3 is 5.32 Å². The van der Waals surface area contributed by atoms with Crippen LogP contribution in [0.2, 0.25) is 0 Å². The number of nitrogens with one attached hydrogen (secondary N) is 2. The number of rotatable bonds is 6. The highest BCUT2D eigenvalue weighted by molar-refractivity contribution is 7.91. The molecule has 1 heterocycles. The molecule has 0 unspecified atom stereocenters. The van der Waals surface area contributed by atoms with E-state index in [1.807, 2.05) is 0 Å². The minimum Gasteiger partial charge on any atom is -0.356 e. The SMILES string of the molecule is CC(=O)NCCCNS(=O)(=O)c1cccs1. The maximum absolute atomic E-state index is 11.6. The quantitative estimate of drug-likeness (QED) is 0.735. The number of thiophene rings is 1. The lowest BCUT2D eigenvalue weighted by Gasteiger charge is -2.04. The van der Waals surface area contributed by atoms with Gasteiger partial charge in [0.2, 0.25) is 15.9 Å². The number of sulfonamides is 1. The zero-order chi connectivity index (χ0) is 12.0. The summed E-state index contributed by atoms with van der Waals surface area (Å²) in [7, 11) is -3.36. The van der Waals surface area contributed by atoms with Gasteiger partial charge in [-0.15, -0.1) is 11.3 Å². The Morgan fingerprint density at radius 2 is 2.19 bits per heavy atom. The van der Waals surface area contributed by atoms with Crippen LogP contribution in [0.1, 0.15) is 13.3 Å². The average molecular weight is 262 g/mol. The van der Waals surface area contributed by atoms with Crippen LogP contribution in [0.15, 0.2) is 21.7 Å². The normalized spacial score (nSPS) is 11.3. The molecule has 5 nitrogen and oxygen atoms in total. The van der Waals surface area contributed by atoms with Gasteiger partial charge in [0, 0.05) is 20.0 Å². The molecule has 90 valence electrons. The standard InChI is InChI=1S/C9H14N2O3S2/c1-8(12)10-5-3-6-11-16(13,14)9-4-2-7-15-9/h2,4,7,11H,3,5-6H2,1H3,(H,10,12). The van der Waals surface area contributed by atoms with Gasteiger partial charge in [-0.25, -0.2) is 13.1 Å². The summed E-state index contributed by atoms with van der Waals surface area (Å²) in [6.07, 6.45) is 0.574. The molecule has 0 fully saturated rings. The minimum atomic E-state index is -3.36. The second-order valence-corrected chi connectivity index (χ2v) is 6.11. The van der Waals surface area contributed by atoms with Crippen molar-refractivity contribution in [1.29, 1.82) is 0 Å². The van der Waals surface area contributed by atoms with Crippen LogP contribution in [0.4, 0.5) is 0 Å². The molecule has 0 spiro atoms. The molecule has 16 heavy (non-hydrogen) atoms. The predicted molar refractivity (Wildman–Crippen MR) is 62.8 cm³/mol. The number of hydrogen-bond donors (Lipinski definition) is 2. The third-order valence-corrected chi connectivity index (χ3v) is 4.64. The highest BCUT2D eigenvalue weighted by Gasteiger charge is 2.13. The Morgan fingerprint density at radius 3 is 2.75 bits per heavy atom. The van der Waals surface area contributed by atoms with Gasteiger partial charge in [0.1, 0.15) is 4.21 Å². The summed E-state index contributed by atoms with van der Waals surface area (Å²) in [5, 5.41) is 4.31. The Kier molecular flexibility index (Phi) is 4.91. The fraction of sp³-hybridized carbons (Fsp3) is 0.444. The summed E-state index contributed by atoms with van der Waals surface area (Å²) in [6, 6.07) is 3.25. The van der Waals surface area contributed by atoms with E-state index in [9.17, 15) is 13.2 Å². The largest absolute Gasteiger partial charge is 0.356 e. The second-order valence-electron chi connectivity index (χ2n) is 3.17. The molecule has 0 saturated carbocycles. The predicted octanol–water partition coefficient (Wildman–Crippen LogP) is 0.553. The molecular weight excluding hydrogens is 248 g/mol. The molecule has 0 aromatic carbocycles. The van der Waals surface area contributed by atoms with Crippen molar-refractivity contribution in [3.8, 4) is 0 Å². The minimum absolute atomic E-state index is 0.110. The molecule has 1 aromatic rings. The first kappa shape index (κ1) is 13.1. The summed E-state index contributed by atoms with van der Waals surface area (Å²) in [4.78, 5) is 10.5. The van der Waals surface area contributed by atoms with E-state index in [-0.39, 0.29) is 5.91 Å². The molecule has 0 atom stereocenters. The van der Waals surface area contributed by atoms with Crippen molar-refractivity contribution in [1.82, 2.24) is 10.0 Å². The maximum atomic E-state index is 11.6. The fourth-order valence-corrected chi connectivity index (χ4v) is 3.16. The monoisotopic (exact) mass is 262 g/mol. The topological polar surface area (TPSA) is 75.3 Å². The van der Waals surface area contributed by atoms with E-state index in [2.05, 4.69) is 10.0 Å². The van der Waals surface area contributed by atoms with Crippen molar-refractivity contribution < 1.29 is 13.2 Å². The lowest BCUT2D eigenvalue weighted by molar-refractivity contribution is -0.118. The van der Waals surface area contributed by atoms with Crippen LogP contribution in [0, 0.1) is 0 Å². The van der Waals surface area contributed by atoms with E-state index in [4.69, 9.17) is 0 Å². The van der Waals surface area contributed by atoms with Crippen molar-refractivity contribution >= 4 is 27.3 Å². The van der Waals surface area contributed by atoms with Gasteiger partial charge in [0.05, 0.1) is 0 Å². The highest BCUT2D eigenvalue weighted by atomic mass is 32.2. The van der Waals surface area contributed by atoms with E-state index in [1.54, 1.807) is 17.5 Å². The maximum Gasteiger partial charge on any atom is 0.250 e. The van der Waals surface area contributed by atoms with E-state index in [0.717, 1.165) is 0 Å². The van der Waals surface area contributed by atoms with E-state index >= 15 is 0 Å². The van der Waals surface area contributed by atoms with Crippen LogP contribution in [-0.2, 0) is 14.8 Å². The molecule has 0 aliphatic carbocycles. The van der Waals surface area contributed by atoms with Crippen LogP contribution in [0.25, 0.3) is 0 Å².